The third-order valence-electron chi connectivity index (χ3n) is 6.76. The first-order chi connectivity index (χ1) is 19.0. The van der Waals surface area contributed by atoms with Gasteiger partial charge in [0.2, 0.25) is 5.91 Å². The van der Waals surface area contributed by atoms with Gasteiger partial charge in [-0.2, -0.15) is 0 Å². The van der Waals surface area contributed by atoms with Gasteiger partial charge in [0.15, 0.2) is 0 Å². The first-order valence-electron chi connectivity index (χ1n) is 14.3. The van der Waals surface area contributed by atoms with Gasteiger partial charge in [0.1, 0.15) is 0 Å². The topological polar surface area (TPSA) is 125 Å². The molecule has 1 aliphatic heterocycles. The van der Waals surface area contributed by atoms with Gasteiger partial charge in [-0.15, -0.1) is 13.2 Å². The lowest BCUT2D eigenvalue weighted by molar-refractivity contribution is -0.137. The molecule has 0 spiro atoms. The summed E-state index contributed by atoms with van der Waals surface area (Å²) in [5.74, 6) is -0.370. The number of rotatable bonds is 23. The Labute approximate surface area is 241 Å². The normalized spacial score (nSPS) is 13.3. The van der Waals surface area contributed by atoms with Crippen molar-refractivity contribution in [2.24, 2.45) is 5.11 Å². The lowest BCUT2D eigenvalue weighted by atomic mass is 10.1. The number of carbonyl (C=O) groups is 3. The van der Waals surface area contributed by atoms with E-state index in [0.717, 1.165) is 31.0 Å². The Hall–Kier alpha value is -2.72. The zero-order chi connectivity index (χ0) is 30.0. The van der Waals surface area contributed by atoms with Crippen molar-refractivity contribution in [2.75, 3.05) is 52.6 Å². The second-order valence-electron chi connectivity index (χ2n) is 11.2. The predicted octanol–water partition coefficient (Wildman–Crippen LogP) is 5.65. The maximum absolute atomic E-state index is 13.1. The molecule has 0 radical (unpaired) electrons. The van der Waals surface area contributed by atoms with E-state index in [2.05, 4.69) is 43.6 Å². The van der Waals surface area contributed by atoms with Crippen LogP contribution in [0.3, 0.4) is 0 Å². The molecule has 0 aromatic rings. The molecule has 3 amide bonds. The second kappa shape index (κ2) is 19.4. The molecular weight excluding hydrogens is 526 g/mol. The highest BCUT2D eigenvalue weighted by Crippen LogP contribution is 2.29. The number of hydrogen-bond donors (Lipinski definition) is 0. The molecule has 0 aliphatic carbocycles. The number of hydrogen-bond acceptors (Lipinski definition) is 6. The third kappa shape index (κ3) is 14.6. The fourth-order valence-corrected chi connectivity index (χ4v) is 9.54. The van der Waals surface area contributed by atoms with Gasteiger partial charge >= 0.3 is 0 Å². The van der Waals surface area contributed by atoms with Crippen molar-refractivity contribution in [1.29, 1.82) is 0 Å². The highest BCUT2D eigenvalue weighted by atomic mass is 28.3. The first kappa shape index (κ1) is 35.3. The van der Waals surface area contributed by atoms with Crippen LogP contribution in [-0.2, 0) is 23.9 Å². The molecule has 0 N–H and O–H groups in total. The summed E-state index contributed by atoms with van der Waals surface area (Å²) in [7, 11) is -1.58. The van der Waals surface area contributed by atoms with Gasteiger partial charge in [-0.3, -0.25) is 19.3 Å². The fourth-order valence-electron chi connectivity index (χ4n) is 5.13. The van der Waals surface area contributed by atoms with Crippen molar-refractivity contribution in [1.82, 2.24) is 9.80 Å². The summed E-state index contributed by atoms with van der Waals surface area (Å²) in [6.07, 6.45) is 4.89. The molecule has 1 aliphatic rings. The Morgan fingerprint density at radius 2 is 1.68 bits per heavy atom. The van der Waals surface area contributed by atoms with Gasteiger partial charge in [-0.25, -0.2) is 0 Å². The quantitative estimate of drug-likeness (QED) is 0.0296. The Morgan fingerprint density at radius 1 is 1.02 bits per heavy atom. The van der Waals surface area contributed by atoms with E-state index < -0.39 is 8.07 Å². The van der Waals surface area contributed by atoms with Gasteiger partial charge in [-0.1, -0.05) is 35.3 Å². The van der Waals surface area contributed by atoms with Crippen molar-refractivity contribution < 1.29 is 23.9 Å². The second-order valence-corrected chi connectivity index (χ2v) is 16.0. The number of azide groups is 1. The zero-order valence-electron chi connectivity index (χ0n) is 25.1. The lowest BCUT2D eigenvalue weighted by Crippen LogP contribution is -2.37. The zero-order valence-corrected chi connectivity index (χ0v) is 26.1. The van der Waals surface area contributed by atoms with E-state index in [1.54, 1.807) is 6.92 Å². The Kier molecular flexibility index (Phi) is 17.1. The number of unbranched alkanes of at least 4 members (excludes halogenated alkanes) is 2. The number of nitrogens with zero attached hydrogens (tertiary/aromatic N) is 5. The summed E-state index contributed by atoms with van der Waals surface area (Å²) in [4.78, 5) is 42.9. The third-order valence-corrected chi connectivity index (χ3v) is 11.2. The molecule has 0 aromatic heterocycles. The van der Waals surface area contributed by atoms with Crippen LogP contribution < -0.4 is 0 Å². The molecular formula is C29H49N5O5Si. The van der Waals surface area contributed by atoms with Crippen LogP contribution in [0, 0.1) is 0 Å². The maximum atomic E-state index is 13.1. The van der Waals surface area contributed by atoms with Crippen molar-refractivity contribution >= 4 is 25.8 Å². The molecule has 0 unspecified atom stereocenters. The molecule has 40 heavy (non-hydrogen) atoms. The minimum absolute atomic E-state index is 0.100. The van der Waals surface area contributed by atoms with E-state index in [4.69, 9.17) is 15.0 Å². The van der Waals surface area contributed by atoms with E-state index >= 15 is 0 Å². The van der Waals surface area contributed by atoms with E-state index in [9.17, 15) is 14.4 Å². The van der Waals surface area contributed by atoms with E-state index in [1.165, 1.54) is 22.1 Å². The predicted molar refractivity (Wildman–Crippen MR) is 161 cm³/mol. The van der Waals surface area contributed by atoms with Crippen LogP contribution in [-0.4, -0.2) is 88.2 Å². The van der Waals surface area contributed by atoms with E-state index in [0.29, 0.717) is 77.4 Å². The summed E-state index contributed by atoms with van der Waals surface area (Å²) < 4.78 is 11.1. The molecule has 0 saturated heterocycles. The molecule has 0 aromatic carbocycles. The molecule has 0 bridgehead atoms. The highest BCUT2D eigenvalue weighted by molar-refractivity contribution is 6.79. The van der Waals surface area contributed by atoms with Crippen LogP contribution in [0.2, 0.25) is 24.7 Å². The van der Waals surface area contributed by atoms with Crippen molar-refractivity contribution in [3.8, 4) is 0 Å². The van der Waals surface area contributed by atoms with Crippen LogP contribution in [0.15, 0.2) is 41.1 Å². The molecule has 224 valence electrons. The molecule has 0 saturated carbocycles. The van der Waals surface area contributed by atoms with E-state index in [1.807, 2.05) is 4.90 Å². The van der Waals surface area contributed by atoms with Gasteiger partial charge in [0.25, 0.3) is 11.8 Å². The Bertz CT molecular complexity index is 944. The lowest BCUT2D eigenvalue weighted by Gasteiger charge is -2.30. The van der Waals surface area contributed by atoms with Crippen LogP contribution in [0.5, 0.6) is 0 Å². The van der Waals surface area contributed by atoms with Crippen molar-refractivity contribution in [3.63, 3.8) is 0 Å². The fraction of sp³-hybridized carbons (Fsp3) is 0.690. The number of imide groups is 1. The average Bonchev–Trinajstić information content (AvgIpc) is 3.10. The minimum Gasteiger partial charge on any atom is -0.379 e. The monoisotopic (exact) mass is 575 g/mol. The van der Waals surface area contributed by atoms with Crippen LogP contribution in [0.25, 0.3) is 10.4 Å². The molecule has 0 fully saturated rings. The van der Waals surface area contributed by atoms with Gasteiger partial charge < -0.3 is 14.4 Å². The molecule has 0 atom stereocenters. The Balaban J connectivity index is 2.55. The van der Waals surface area contributed by atoms with E-state index in [-0.39, 0.29) is 17.7 Å². The standard InChI is InChI=1S/C29H49N5O5Si/c1-24(2)22-40(6,23-25(3)4)20-10-13-33(15-17-39-19-18-38-16-12-31-32-30)27(35)11-8-7-9-14-34-28(36)21-26(5)29(34)37/h21H,1,3,7-20,22-23H2,2,4-6H3. The van der Waals surface area contributed by atoms with Crippen molar-refractivity contribution in [3.05, 3.63) is 46.4 Å². The minimum atomic E-state index is -1.58. The van der Waals surface area contributed by atoms with Crippen LogP contribution >= 0.6 is 0 Å². The van der Waals surface area contributed by atoms with Crippen molar-refractivity contribution in [2.45, 2.75) is 77.6 Å². The molecule has 1 rings (SSSR count). The van der Waals surface area contributed by atoms with Gasteiger partial charge in [0.05, 0.1) is 34.5 Å². The number of ether oxygens (including phenoxy) is 2. The first-order valence-corrected chi connectivity index (χ1v) is 17.4. The maximum Gasteiger partial charge on any atom is 0.256 e. The van der Waals surface area contributed by atoms with Gasteiger partial charge in [0, 0.05) is 49.2 Å². The van der Waals surface area contributed by atoms with Crippen LogP contribution in [0.4, 0.5) is 0 Å². The number of carbonyl (C=O) groups excluding carboxylic acids is 3. The SMILES string of the molecule is C=C(C)C[Si](C)(CCCN(CCOCCOCCN=[N+]=[N-])C(=O)CCCCCN1C(=O)C=C(C)C1=O)CC(=C)C. The molecule has 10 nitrogen and oxygen atoms in total. The number of amides is 3. The summed E-state index contributed by atoms with van der Waals surface area (Å²) in [6.45, 7) is 20.0. The highest BCUT2D eigenvalue weighted by Gasteiger charge is 2.28. The average molecular weight is 576 g/mol. The molecule has 1 heterocycles. The summed E-state index contributed by atoms with van der Waals surface area (Å²) >= 11 is 0. The summed E-state index contributed by atoms with van der Waals surface area (Å²) in [5, 5.41) is 3.42. The molecule has 11 heteroatoms. The van der Waals surface area contributed by atoms with Crippen LogP contribution in [0.1, 0.15) is 52.9 Å². The summed E-state index contributed by atoms with van der Waals surface area (Å²) in [5.41, 5.74) is 11.2. The Morgan fingerprint density at radius 3 is 2.25 bits per heavy atom. The summed E-state index contributed by atoms with van der Waals surface area (Å²) in [6, 6.07) is 3.23. The number of allylic oxidation sites excluding steroid dienone is 2. The largest absolute Gasteiger partial charge is 0.379 e. The smallest absolute Gasteiger partial charge is 0.256 e. The van der Waals surface area contributed by atoms with Gasteiger partial charge in [-0.05, 0) is 57.7 Å².